The van der Waals surface area contributed by atoms with Gasteiger partial charge in [-0.05, 0) is 25.5 Å². The van der Waals surface area contributed by atoms with Gasteiger partial charge in [-0.3, -0.25) is 4.79 Å². The van der Waals surface area contributed by atoms with Gasteiger partial charge in [0.25, 0.3) is 0 Å². The van der Waals surface area contributed by atoms with Crippen molar-refractivity contribution < 1.29 is 9.53 Å². The van der Waals surface area contributed by atoms with Gasteiger partial charge in [-0.25, -0.2) is 0 Å². The van der Waals surface area contributed by atoms with Crippen LogP contribution in [0.1, 0.15) is 24.2 Å². The first-order chi connectivity index (χ1) is 9.74. The van der Waals surface area contributed by atoms with Crippen molar-refractivity contribution in [1.82, 2.24) is 25.9 Å². The first-order valence-corrected chi connectivity index (χ1v) is 6.42. The first kappa shape index (κ1) is 14.0. The molecule has 7 heteroatoms. The molecule has 20 heavy (non-hydrogen) atoms. The minimum Gasteiger partial charge on any atom is -0.494 e. The maximum absolute atomic E-state index is 11.5. The van der Waals surface area contributed by atoms with Gasteiger partial charge in [0, 0.05) is 6.42 Å². The molecule has 0 radical (unpaired) electrons. The summed E-state index contributed by atoms with van der Waals surface area (Å²) >= 11 is 0. The fraction of sp³-hybridized carbons (Fsp3) is 0.385. The van der Waals surface area contributed by atoms with Crippen LogP contribution in [0.3, 0.4) is 0 Å². The van der Waals surface area contributed by atoms with Crippen molar-refractivity contribution in [3.05, 3.63) is 35.7 Å². The Hall–Kier alpha value is -2.44. The monoisotopic (exact) mass is 275 g/mol. The Kier molecular flexibility index (Phi) is 5.05. The third kappa shape index (κ3) is 4.68. The van der Waals surface area contributed by atoms with E-state index in [1.54, 1.807) is 0 Å². The van der Waals surface area contributed by atoms with Gasteiger partial charge in [-0.15, -0.1) is 10.2 Å². The molecule has 0 spiro atoms. The molecule has 106 valence electrons. The fourth-order valence-corrected chi connectivity index (χ4v) is 1.58. The van der Waals surface area contributed by atoms with Gasteiger partial charge in [0.05, 0.1) is 13.2 Å². The van der Waals surface area contributed by atoms with Gasteiger partial charge in [-0.2, -0.15) is 5.21 Å². The quantitative estimate of drug-likeness (QED) is 0.735. The lowest BCUT2D eigenvalue weighted by Crippen LogP contribution is -2.23. The number of aromatic nitrogens is 4. The van der Waals surface area contributed by atoms with E-state index in [1.165, 1.54) is 5.56 Å². The Morgan fingerprint density at radius 3 is 2.85 bits per heavy atom. The van der Waals surface area contributed by atoms with Crippen LogP contribution in [0.2, 0.25) is 0 Å². The molecular weight excluding hydrogens is 258 g/mol. The summed E-state index contributed by atoms with van der Waals surface area (Å²) in [4.78, 5) is 11.5. The molecule has 2 rings (SSSR count). The van der Waals surface area contributed by atoms with Crippen molar-refractivity contribution in [2.45, 2.75) is 26.3 Å². The Labute approximate surface area is 116 Å². The summed E-state index contributed by atoms with van der Waals surface area (Å²) in [7, 11) is 0. The minimum absolute atomic E-state index is 0.0534. The molecule has 0 aliphatic carbocycles. The number of H-pyrrole nitrogens is 1. The largest absolute Gasteiger partial charge is 0.494 e. The zero-order valence-electron chi connectivity index (χ0n) is 11.3. The normalized spacial score (nSPS) is 10.2. The van der Waals surface area contributed by atoms with Gasteiger partial charge in [0.1, 0.15) is 5.75 Å². The highest BCUT2D eigenvalue weighted by Crippen LogP contribution is 2.11. The molecule has 2 N–H and O–H groups in total. The second-order valence-corrected chi connectivity index (χ2v) is 4.37. The SMILES string of the molecule is Cc1ccc(OCCCC(=O)NCc2nn[nH]n2)cc1. The Morgan fingerprint density at radius 1 is 1.35 bits per heavy atom. The third-order valence-corrected chi connectivity index (χ3v) is 2.67. The molecule has 1 aromatic heterocycles. The number of carbonyl (C=O) groups excluding carboxylic acids is 1. The number of hydrogen-bond acceptors (Lipinski definition) is 5. The molecule has 1 amide bonds. The minimum atomic E-state index is -0.0534. The van der Waals surface area contributed by atoms with E-state index >= 15 is 0 Å². The van der Waals surface area contributed by atoms with Crippen LogP contribution in [-0.4, -0.2) is 33.1 Å². The number of aromatic amines is 1. The molecule has 2 aromatic rings. The van der Waals surface area contributed by atoms with Gasteiger partial charge in [0.2, 0.25) is 5.91 Å². The lowest BCUT2D eigenvalue weighted by atomic mass is 10.2. The zero-order chi connectivity index (χ0) is 14.2. The predicted molar refractivity (Wildman–Crippen MR) is 71.9 cm³/mol. The number of rotatable bonds is 7. The molecule has 0 atom stereocenters. The highest BCUT2D eigenvalue weighted by atomic mass is 16.5. The lowest BCUT2D eigenvalue weighted by molar-refractivity contribution is -0.121. The third-order valence-electron chi connectivity index (χ3n) is 2.67. The highest BCUT2D eigenvalue weighted by molar-refractivity contribution is 5.75. The van der Waals surface area contributed by atoms with E-state index in [1.807, 2.05) is 31.2 Å². The predicted octanol–water partition coefficient (Wildman–Crippen LogP) is 0.984. The topological polar surface area (TPSA) is 92.8 Å². The van der Waals surface area contributed by atoms with Crippen molar-refractivity contribution in [1.29, 1.82) is 0 Å². The molecule has 0 bridgehead atoms. The van der Waals surface area contributed by atoms with Gasteiger partial charge >= 0.3 is 0 Å². The number of tetrazole rings is 1. The molecule has 1 heterocycles. The van der Waals surface area contributed by atoms with Crippen LogP contribution in [0, 0.1) is 6.92 Å². The van der Waals surface area contributed by atoms with Crippen LogP contribution in [0.15, 0.2) is 24.3 Å². The number of carbonyl (C=O) groups is 1. The van der Waals surface area contributed by atoms with Gasteiger partial charge in [0.15, 0.2) is 5.82 Å². The molecule has 0 unspecified atom stereocenters. The lowest BCUT2D eigenvalue weighted by Gasteiger charge is -2.06. The number of ether oxygens (including phenoxy) is 1. The van der Waals surface area contributed by atoms with E-state index in [2.05, 4.69) is 25.9 Å². The van der Waals surface area contributed by atoms with Crippen LogP contribution in [0.5, 0.6) is 5.75 Å². The van der Waals surface area contributed by atoms with Crippen molar-refractivity contribution in [3.63, 3.8) is 0 Å². The van der Waals surface area contributed by atoms with Crippen LogP contribution < -0.4 is 10.1 Å². The Bertz CT molecular complexity index is 524. The van der Waals surface area contributed by atoms with Crippen LogP contribution in [0.25, 0.3) is 0 Å². The van der Waals surface area contributed by atoms with Crippen molar-refractivity contribution in [3.8, 4) is 5.75 Å². The average molecular weight is 275 g/mol. The highest BCUT2D eigenvalue weighted by Gasteiger charge is 2.03. The summed E-state index contributed by atoms with van der Waals surface area (Å²) in [6, 6.07) is 7.83. The van der Waals surface area contributed by atoms with E-state index in [-0.39, 0.29) is 12.5 Å². The second-order valence-electron chi connectivity index (χ2n) is 4.37. The van der Waals surface area contributed by atoms with Crippen LogP contribution in [0.4, 0.5) is 0 Å². The number of hydrogen-bond donors (Lipinski definition) is 2. The summed E-state index contributed by atoms with van der Waals surface area (Å²) in [6.07, 6.45) is 1.07. The maximum atomic E-state index is 11.5. The number of nitrogens with zero attached hydrogens (tertiary/aromatic N) is 3. The van der Waals surface area contributed by atoms with E-state index in [9.17, 15) is 4.79 Å². The molecule has 0 aliphatic heterocycles. The van der Waals surface area contributed by atoms with Gasteiger partial charge in [-0.1, -0.05) is 22.9 Å². The van der Waals surface area contributed by atoms with E-state index in [0.717, 1.165) is 5.75 Å². The van der Waals surface area contributed by atoms with Crippen molar-refractivity contribution in [2.24, 2.45) is 0 Å². The summed E-state index contributed by atoms with van der Waals surface area (Å²) in [5.41, 5.74) is 1.19. The molecule has 0 fully saturated rings. The molecule has 0 aliphatic rings. The average Bonchev–Trinajstić information content (AvgIpc) is 2.96. The van der Waals surface area contributed by atoms with Crippen LogP contribution >= 0.6 is 0 Å². The molecule has 1 aromatic carbocycles. The molecule has 7 nitrogen and oxygen atoms in total. The second kappa shape index (κ2) is 7.22. The standard InChI is InChI=1S/C13H17N5O2/c1-10-4-6-11(7-5-10)20-8-2-3-13(19)14-9-12-15-17-18-16-12/h4-7H,2-3,8-9H2,1H3,(H,14,19)(H,15,16,17,18). The van der Waals surface area contributed by atoms with E-state index in [0.29, 0.717) is 25.3 Å². The van der Waals surface area contributed by atoms with E-state index in [4.69, 9.17) is 4.74 Å². The van der Waals surface area contributed by atoms with Crippen molar-refractivity contribution in [2.75, 3.05) is 6.61 Å². The summed E-state index contributed by atoms with van der Waals surface area (Å²) in [5.74, 6) is 1.24. The zero-order valence-corrected chi connectivity index (χ0v) is 11.3. The summed E-state index contributed by atoms with van der Waals surface area (Å²) in [6.45, 7) is 2.82. The van der Waals surface area contributed by atoms with E-state index < -0.39 is 0 Å². The number of amides is 1. The number of nitrogens with one attached hydrogen (secondary N) is 2. The first-order valence-electron chi connectivity index (χ1n) is 6.42. The fourth-order valence-electron chi connectivity index (χ4n) is 1.58. The Balaban J connectivity index is 1.58. The Morgan fingerprint density at radius 2 is 2.15 bits per heavy atom. The summed E-state index contributed by atoms with van der Waals surface area (Å²) < 4.78 is 5.54. The van der Waals surface area contributed by atoms with Crippen molar-refractivity contribution >= 4 is 5.91 Å². The van der Waals surface area contributed by atoms with Crippen LogP contribution in [-0.2, 0) is 11.3 Å². The number of aryl methyl sites for hydroxylation is 1. The molecule has 0 saturated carbocycles. The molecular formula is C13H17N5O2. The molecule has 0 saturated heterocycles. The number of benzene rings is 1. The van der Waals surface area contributed by atoms with Gasteiger partial charge < -0.3 is 10.1 Å². The summed E-state index contributed by atoms with van der Waals surface area (Å²) in [5, 5.41) is 15.9. The smallest absolute Gasteiger partial charge is 0.220 e. The maximum Gasteiger partial charge on any atom is 0.220 e.